The highest BCUT2D eigenvalue weighted by atomic mass is 16.6. The summed E-state index contributed by atoms with van der Waals surface area (Å²) in [6.07, 6.45) is 5.35. The summed E-state index contributed by atoms with van der Waals surface area (Å²) in [6.45, 7) is 2.50. The normalized spacial score (nSPS) is 31.5. The first-order valence-corrected chi connectivity index (χ1v) is 6.66. The number of rotatable bonds is 6. The van der Waals surface area contributed by atoms with E-state index < -0.39 is 17.4 Å². The Labute approximate surface area is 112 Å². The van der Waals surface area contributed by atoms with Crippen LogP contribution in [0.1, 0.15) is 19.8 Å². The van der Waals surface area contributed by atoms with E-state index >= 15 is 0 Å². The molecule has 0 radical (unpaired) electrons. The molecule has 2 aliphatic carbocycles. The van der Waals surface area contributed by atoms with Crippen molar-refractivity contribution in [3.8, 4) is 0 Å². The summed E-state index contributed by atoms with van der Waals surface area (Å²) < 4.78 is 15.1. The summed E-state index contributed by atoms with van der Waals surface area (Å²) in [6, 6.07) is 0. The van der Waals surface area contributed by atoms with E-state index in [4.69, 9.17) is 14.2 Å². The zero-order valence-electron chi connectivity index (χ0n) is 11.4. The molecule has 3 unspecified atom stereocenters. The van der Waals surface area contributed by atoms with E-state index in [1.807, 2.05) is 6.08 Å². The molecule has 0 aliphatic heterocycles. The Morgan fingerprint density at radius 3 is 2.47 bits per heavy atom. The fourth-order valence-corrected chi connectivity index (χ4v) is 3.02. The number of methoxy groups -OCH3 is 1. The maximum Gasteiger partial charge on any atom is 0.324 e. The minimum atomic E-state index is -1.14. The largest absolute Gasteiger partial charge is 0.465 e. The van der Waals surface area contributed by atoms with Crippen LogP contribution in [0, 0.1) is 17.3 Å². The Morgan fingerprint density at radius 2 is 1.95 bits per heavy atom. The van der Waals surface area contributed by atoms with Gasteiger partial charge in [-0.2, -0.15) is 0 Å². The van der Waals surface area contributed by atoms with E-state index in [-0.39, 0.29) is 25.0 Å². The molecule has 0 saturated heterocycles. The molecule has 0 spiro atoms. The van der Waals surface area contributed by atoms with Gasteiger partial charge in [-0.25, -0.2) is 0 Å². The highest BCUT2D eigenvalue weighted by molar-refractivity contribution is 6.01. The molecule has 5 heteroatoms. The molecule has 1 fully saturated rings. The van der Waals surface area contributed by atoms with E-state index in [2.05, 4.69) is 6.08 Å². The van der Waals surface area contributed by atoms with Gasteiger partial charge in [-0.05, 0) is 25.7 Å². The van der Waals surface area contributed by atoms with Gasteiger partial charge >= 0.3 is 11.9 Å². The molecule has 1 saturated carbocycles. The number of ether oxygens (including phenoxy) is 3. The van der Waals surface area contributed by atoms with Crippen LogP contribution in [0.3, 0.4) is 0 Å². The van der Waals surface area contributed by atoms with Crippen molar-refractivity contribution in [2.24, 2.45) is 17.3 Å². The SMILES string of the molecule is CCOC(=O)C1(C(=O)OCCOC)CC2C=CC1C2. The molecule has 0 N–H and O–H groups in total. The number of carbonyl (C=O) groups is 2. The fraction of sp³-hybridized carbons (Fsp3) is 0.714. The van der Waals surface area contributed by atoms with Crippen LogP contribution < -0.4 is 0 Å². The van der Waals surface area contributed by atoms with E-state index in [0.29, 0.717) is 13.0 Å². The predicted octanol–water partition coefficient (Wildman–Crippen LogP) is 1.32. The summed E-state index contributed by atoms with van der Waals surface area (Å²) in [4.78, 5) is 24.6. The third-order valence-electron chi connectivity index (χ3n) is 3.91. The summed E-state index contributed by atoms with van der Waals surface area (Å²) in [5.74, 6) is -0.731. The van der Waals surface area contributed by atoms with Crippen molar-refractivity contribution in [2.45, 2.75) is 19.8 Å². The fourth-order valence-electron chi connectivity index (χ4n) is 3.02. The molecule has 106 valence electrons. The third-order valence-corrected chi connectivity index (χ3v) is 3.91. The second-order valence-electron chi connectivity index (χ2n) is 5.01. The minimum Gasteiger partial charge on any atom is -0.465 e. The Bertz CT molecular complexity index is 389. The number of carbonyl (C=O) groups excluding carboxylic acids is 2. The molecule has 0 aromatic carbocycles. The summed E-state index contributed by atoms with van der Waals surface area (Å²) in [5, 5.41) is 0. The molecule has 2 rings (SSSR count). The van der Waals surface area contributed by atoms with Crippen molar-refractivity contribution >= 4 is 11.9 Å². The molecule has 2 bridgehead atoms. The lowest BCUT2D eigenvalue weighted by Crippen LogP contribution is -2.45. The minimum absolute atomic E-state index is 0.0911. The molecular formula is C14H20O5. The smallest absolute Gasteiger partial charge is 0.324 e. The maximum atomic E-state index is 12.3. The molecule has 2 aliphatic rings. The van der Waals surface area contributed by atoms with Gasteiger partial charge in [0.05, 0.1) is 13.2 Å². The highest BCUT2D eigenvalue weighted by Gasteiger charge is 2.60. The van der Waals surface area contributed by atoms with Gasteiger partial charge < -0.3 is 14.2 Å². The van der Waals surface area contributed by atoms with E-state index in [0.717, 1.165) is 6.42 Å². The maximum absolute atomic E-state index is 12.3. The van der Waals surface area contributed by atoms with Crippen LogP contribution in [0.2, 0.25) is 0 Å². The quantitative estimate of drug-likeness (QED) is 0.315. The molecule has 0 aromatic rings. The molecular weight excluding hydrogens is 248 g/mol. The van der Waals surface area contributed by atoms with Gasteiger partial charge in [-0.1, -0.05) is 12.2 Å². The number of fused-ring (bicyclic) bond motifs is 2. The van der Waals surface area contributed by atoms with Crippen molar-refractivity contribution in [3.63, 3.8) is 0 Å². The molecule has 0 amide bonds. The Balaban J connectivity index is 2.14. The van der Waals surface area contributed by atoms with Gasteiger partial charge in [0.1, 0.15) is 6.61 Å². The Morgan fingerprint density at radius 1 is 1.21 bits per heavy atom. The highest BCUT2D eigenvalue weighted by Crippen LogP contribution is 2.53. The van der Waals surface area contributed by atoms with Crippen molar-refractivity contribution in [2.75, 3.05) is 26.9 Å². The molecule has 3 atom stereocenters. The second-order valence-corrected chi connectivity index (χ2v) is 5.01. The second kappa shape index (κ2) is 5.74. The molecule has 0 heterocycles. The summed E-state index contributed by atoms with van der Waals surface area (Å²) in [5.41, 5.74) is -1.14. The average molecular weight is 268 g/mol. The number of esters is 2. The van der Waals surface area contributed by atoms with Crippen LogP contribution >= 0.6 is 0 Å². The van der Waals surface area contributed by atoms with Gasteiger partial charge in [0.15, 0.2) is 5.41 Å². The summed E-state index contributed by atoms with van der Waals surface area (Å²) >= 11 is 0. The van der Waals surface area contributed by atoms with Crippen molar-refractivity contribution in [1.82, 2.24) is 0 Å². The summed E-state index contributed by atoms with van der Waals surface area (Å²) in [7, 11) is 1.54. The van der Waals surface area contributed by atoms with Crippen LogP contribution in [0.15, 0.2) is 12.2 Å². The lowest BCUT2D eigenvalue weighted by atomic mass is 9.75. The first kappa shape index (κ1) is 14.1. The standard InChI is InChI=1S/C14H20O5/c1-3-18-12(15)14(13(16)19-7-6-17-2)9-10-4-5-11(14)8-10/h4-5,10-11H,3,6-9H2,1-2H3. The van der Waals surface area contributed by atoms with Gasteiger partial charge in [0.25, 0.3) is 0 Å². The van der Waals surface area contributed by atoms with Crippen LogP contribution in [-0.4, -0.2) is 38.9 Å². The van der Waals surface area contributed by atoms with Crippen LogP contribution in [0.5, 0.6) is 0 Å². The van der Waals surface area contributed by atoms with Crippen molar-refractivity contribution < 1.29 is 23.8 Å². The van der Waals surface area contributed by atoms with Gasteiger partial charge in [0, 0.05) is 13.0 Å². The Hall–Kier alpha value is -1.36. The monoisotopic (exact) mass is 268 g/mol. The van der Waals surface area contributed by atoms with Crippen LogP contribution in [-0.2, 0) is 23.8 Å². The topological polar surface area (TPSA) is 61.8 Å². The van der Waals surface area contributed by atoms with Gasteiger partial charge in [0.2, 0.25) is 0 Å². The first-order valence-electron chi connectivity index (χ1n) is 6.66. The van der Waals surface area contributed by atoms with Crippen LogP contribution in [0.4, 0.5) is 0 Å². The zero-order valence-corrected chi connectivity index (χ0v) is 11.4. The zero-order chi connectivity index (χ0) is 13.9. The van der Waals surface area contributed by atoms with Gasteiger partial charge in [-0.15, -0.1) is 0 Å². The predicted molar refractivity (Wildman–Crippen MR) is 67.3 cm³/mol. The molecule has 5 nitrogen and oxygen atoms in total. The first-order chi connectivity index (χ1) is 9.15. The lowest BCUT2D eigenvalue weighted by molar-refractivity contribution is -0.175. The van der Waals surface area contributed by atoms with Crippen molar-refractivity contribution in [1.29, 1.82) is 0 Å². The van der Waals surface area contributed by atoms with E-state index in [9.17, 15) is 9.59 Å². The number of hydrogen-bond acceptors (Lipinski definition) is 5. The number of allylic oxidation sites excluding steroid dienone is 2. The molecule has 0 aromatic heterocycles. The third kappa shape index (κ3) is 2.39. The molecule has 19 heavy (non-hydrogen) atoms. The van der Waals surface area contributed by atoms with Crippen LogP contribution in [0.25, 0.3) is 0 Å². The Kier molecular flexibility index (Phi) is 4.24. The average Bonchev–Trinajstić information content (AvgIpc) is 3.00. The number of hydrogen-bond donors (Lipinski definition) is 0. The van der Waals surface area contributed by atoms with Crippen molar-refractivity contribution in [3.05, 3.63) is 12.2 Å². The van der Waals surface area contributed by atoms with E-state index in [1.165, 1.54) is 7.11 Å². The van der Waals surface area contributed by atoms with Gasteiger partial charge in [-0.3, -0.25) is 9.59 Å². The lowest BCUT2D eigenvalue weighted by Gasteiger charge is -2.30. The van der Waals surface area contributed by atoms with E-state index in [1.54, 1.807) is 6.92 Å².